The van der Waals surface area contributed by atoms with Gasteiger partial charge in [0.1, 0.15) is 11.2 Å². The van der Waals surface area contributed by atoms with E-state index in [4.69, 9.17) is 4.42 Å². The molecule has 0 aliphatic carbocycles. The predicted octanol–water partition coefficient (Wildman–Crippen LogP) is 3.28. The topological polar surface area (TPSA) is 80.9 Å². The Balaban J connectivity index is 1.51. The average Bonchev–Trinajstić information content (AvgIpc) is 3.28. The number of carbonyl (C=O) groups excluding carboxylic acids is 1. The van der Waals surface area contributed by atoms with Crippen LogP contribution < -0.4 is 5.32 Å². The number of amides is 1. The molecule has 0 radical (unpaired) electrons. The van der Waals surface area contributed by atoms with Gasteiger partial charge in [-0.3, -0.25) is 4.79 Å². The highest BCUT2D eigenvalue weighted by Gasteiger charge is 2.13. The summed E-state index contributed by atoms with van der Waals surface area (Å²) in [5.74, 6) is 0.474. The first-order valence-corrected chi connectivity index (χ1v) is 8.07. The summed E-state index contributed by atoms with van der Waals surface area (Å²) < 4.78 is 10.3. The number of rotatable bonds is 4. The maximum Gasteiger partial charge on any atom is 0.251 e. The van der Waals surface area contributed by atoms with Gasteiger partial charge in [0.05, 0.1) is 11.2 Å². The van der Waals surface area contributed by atoms with Crippen molar-refractivity contribution in [1.29, 1.82) is 0 Å². The van der Waals surface area contributed by atoms with Crippen molar-refractivity contribution >= 4 is 27.7 Å². The maximum atomic E-state index is 12.3. The third-order valence-electron chi connectivity index (χ3n) is 3.60. The molecule has 2 aromatic carbocycles. The lowest BCUT2D eigenvalue weighted by Gasteiger charge is -2.05. The van der Waals surface area contributed by atoms with Gasteiger partial charge in [-0.1, -0.05) is 34.8 Å². The first-order valence-electron chi connectivity index (χ1n) is 7.29. The molecule has 0 aliphatic heterocycles. The minimum atomic E-state index is -0.188. The fraction of sp³-hybridized carbons (Fsp3) is 0.0588. The van der Waals surface area contributed by atoms with E-state index >= 15 is 0 Å². The van der Waals surface area contributed by atoms with Crippen molar-refractivity contribution in [2.75, 3.05) is 0 Å². The summed E-state index contributed by atoms with van der Waals surface area (Å²) in [6.45, 7) is 0.285. The number of hydrogen-bond donors (Lipinski definition) is 1. The van der Waals surface area contributed by atoms with Crippen LogP contribution in [0, 0.1) is 0 Å². The van der Waals surface area contributed by atoms with E-state index in [0.29, 0.717) is 17.0 Å². The summed E-state index contributed by atoms with van der Waals surface area (Å²) in [4.78, 5) is 16.5. The number of hydrogen-bond acceptors (Lipinski definition) is 6. The Morgan fingerprint density at radius 3 is 2.92 bits per heavy atom. The molecule has 2 heterocycles. The molecule has 1 N–H and O–H groups in total. The highest BCUT2D eigenvalue weighted by molar-refractivity contribution is 7.12. The number of nitrogens with one attached hydrogen (secondary N) is 1. The molecule has 1 amide bonds. The van der Waals surface area contributed by atoms with Gasteiger partial charge in [0.15, 0.2) is 12.2 Å². The molecule has 0 unspecified atom stereocenters. The van der Waals surface area contributed by atoms with Gasteiger partial charge in [-0.15, -0.1) is 5.10 Å². The summed E-state index contributed by atoms with van der Waals surface area (Å²) in [6.07, 6.45) is 1.39. The Morgan fingerprint density at radius 1 is 1.17 bits per heavy atom. The van der Waals surface area contributed by atoms with E-state index < -0.39 is 0 Å². The SMILES string of the molecule is O=C(NCc1ncoc1-c1ccccc1)c1ccc2snnc2c1. The number of benzene rings is 2. The van der Waals surface area contributed by atoms with Gasteiger partial charge < -0.3 is 9.73 Å². The van der Waals surface area contributed by atoms with Gasteiger partial charge in [0, 0.05) is 11.1 Å². The normalized spacial score (nSPS) is 10.8. The van der Waals surface area contributed by atoms with E-state index in [1.54, 1.807) is 12.1 Å². The van der Waals surface area contributed by atoms with E-state index in [-0.39, 0.29) is 12.5 Å². The molecule has 7 heteroatoms. The monoisotopic (exact) mass is 336 g/mol. The number of aromatic nitrogens is 3. The Bertz CT molecular complexity index is 994. The molecule has 0 saturated heterocycles. The standard InChI is InChI=1S/C17H12N4O2S/c22-17(12-6-7-15-13(8-12)20-21-24-15)18-9-14-16(23-10-19-14)11-4-2-1-3-5-11/h1-8,10H,9H2,(H,18,22). The Labute approximate surface area is 141 Å². The number of carbonyl (C=O) groups is 1. The quantitative estimate of drug-likeness (QED) is 0.618. The lowest BCUT2D eigenvalue weighted by atomic mass is 10.1. The maximum absolute atomic E-state index is 12.3. The van der Waals surface area contributed by atoms with E-state index in [0.717, 1.165) is 15.8 Å². The Kier molecular flexibility index (Phi) is 3.76. The smallest absolute Gasteiger partial charge is 0.251 e. The second-order valence-corrected chi connectivity index (χ2v) is 5.92. The van der Waals surface area contributed by atoms with Gasteiger partial charge in [-0.25, -0.2) is 4.98 Å². The summed E-state index contributed by atoms with van der Waals surface area (Å²) >= 11 is 1.30. The van der Waals surface area contributed by atoms with Gasteiger partial charge in [0.25, 0.3) is 5.91 Å². The summed E-state index contributed by atoms with van der Waals surface area (Å²) in [5.41, 5.74) is 2.87. The number of fused-ring (bicyclic) bond motifs is 1. The van der Waals surface area contributed by atoms with Crippen LogP contribution in [0.3, 0.4) is 0 Å². The van der Waals surface area contributed by atoms with Crippen LogP contribution in [0.25, 0.3) is 21.5 Å². The lowest BCUT2D eigenvalue weighted by molar-refractivity contribution is 0.0950. The van der Waals surface area contributed by atoms with Crippen LogP contribution in [0.15, 0.2) is 59.3 Å². The zero-order valence-electron chi connectivity index (χ0n) is 12.5. The van der Waals surface area contributed by atoms with Crippen LogP contribution in [-0.4, -0.2) is 20.5 Å². The van der Waals surface area contributed by atoms with E-state index in [1.807, 2.05) is 36.4 Å². The minimum Gasteiger partial charge on any atom is -0.443 e. The van der Waals surface area contributed by atoms with Crippen molar-refractivity contribution in [3.05, 3.63) is 66.2 Å². The molecule has 0 atom stereocenters. The summed E-state index contributed by atoms with van der Waals surface area (Å²) in [7, 11) is 0. The fourth-order valence-electron chi connectivity index (χ4n) is 2.41. The molecule has 0 aliphatic rings. The van der Waals surface area contributed by atoms with Gasteiger partial charge in [-0.2, -0.15) is 0 Å². The van der Waals surface area contributed by atoms with Crippen molar-refractivity contribution in [2.45, 2.75) is 6.54 Å². The molecular formula is C17H12N4O2S. The molecule has 118 valence electrons. The van der Waals surface area contributed by atoms with Gasteiger partial charge in [0.2, 0.25) is 0 Å². The molecular weight excluding hydrogens is 324 g/mol. The van der Waals surface area contributed by atoms with Crippen LogP contribution in [0.4, 0.5) is 0 Å². The molecule has 4 aromatic rings. The highest BCUT2D eigenvalue weighted by atomic mass is 32.1. The zero-order chi connectivity index (χ0) is 16.4. The van der Waals surface area contributed by atoms with E-state index in [1.165, 1.54) is 17.9 Å². The summed E-state index contributed by atoms with van der Waals surface area (Å²) in [6, 6.07) is 15.0. The Morgan fingerprint density at radius 2 is 2.04 bits per heavy atom. The molecule has 0 bridgehead atoms. The number of nitrogens with zero attached hydrogens (tertiary/aromatic N) is 3. The van der Waals surface area contributed by atoms with E-state index in [2.05, 4.69) is 19.9 Å². The van der Waals surface area contributed by atoms with Crippen molar-refractivity contribution in [3.63, 3.8) is 0 Å². The molecule has 4 rings (SSSR count). The molecule has 24 heavy (non-hydrogen) atoms. The minimum absolute atomic E-state index is 0.188. The zero-order valence-corrected chi connectivity index (χ0v) is 13.3. The second kappa shape index (κ2) is 6.21. The van der Waals surface area contributed by atoms with Crippen molar-refractivity contribution in [3.8, 4) is 11.3 Å². The Hall–Kier alpha value is -3.06. The molecule has 0 spiro atoms. The fourth-order valence-corrected chi connectivity index (χ4v) is 2.95. The predicted molar refractivity (Wildman–Crippen MR) is 90.5 cm³/mol. The van der Waals surface area contributed by atoms with Crippen LogP contribution in [0.5, 0.6) is 0 Å². The highest BCUT2D eigenvalue weighted by Crippen LogP contribution is 2.22. The van der Waals surface area contributed by atoms with Crippen molar-refractivity contribution < 1.29 is 9.21 Å². The van der Waals surface area contributed by atoms with Crippen LogP contribution in [0.2, 0.25) is 0 Å². The lowest BCUT2D eigenvalue weighted by Crippen LogP contribution is -2.23. The number of oxazole rings is 1. The molecule has 6 nitrogen and oxygen atoms in total. The van der Waals surface area contributed by atoms with Crippen molar-refractivity contribution in [2.24, 2.45) is 0 Å². The average molecular weight is 336 g/mol. The molecule has 2 aromatic heterocycles. The molecule has 0 fully saturated rings. The third kappa shape index (κ3) is 2.77. The van der Waals surface area contributed by atoms with Crippen LogP contribution in [-0.2, 0) is 6.54 Å². The third-order valence-corrected chi connectivity index (χ3v) is 4.31. The van der Waals surface area contributed by atoms with Crippen molar-refractivity contribution in [1.82, 2.24) is 19.9 Å². The van der Waals surface area contributed by atoms with Crippen LogP contribution in [0.1, 0.15) is 16.1 Å². The first-order chi connectivity index (χ1) is 11.8. The second-order valence-electron chi connectivity index (χ2n) is 5.13. The first kappa shape index (κ1) is 14.5. The van der Waals surface area contributed by atoms with Crippen LogP contribution >= 0.6 is 11.5 Å². The largest absolute Gasteiger partial charge is 0.443 e. The van der Waals surface area contributed by atoms with Gasteiger partial charge >= 0.3 is 0 Å². The summed E-state index contributed by atoms with van der Waals surface area (Å²) in [5, 5.41) is 6.85. The molecule has 0 saturated carbocycles. The van der Waals surface area contributed by atoms with Gasteiger partial charge in [-0.05, 0) is 29.7 Å². The van der Waals surface area contributed by atoms with E-state index in [9.17, 15) is 4.79 Å².